The summed E-state index contributed by atoms with van der Waals surface area (Å²) in [5.74, 6) is 0.740. The second-order valence-electron chi connectivity index (χ2n) is 6.07. The number of nitrogens with one attached hydrogen (secondary N) is 1. The van der Waals surface area contributed by atoms with Crippen molar-refractivity contribution in [3.8, 4) is 0 Å². The predicted molar refractivity (Wildman–Crippen MR) is 102 cm³/mol. The molecule has 0 bridgehead atoms. The van der Waals surface area contributed by atoms with Crippen LogP contribution >= 0.6 is 24.0 Å². The number of hydrogen-bond acceptors (Lipinski definition) is 5. The van der Waals surface area contributed by atoms with Gasteiger partial charge in [0.1, 0.15) is 5.76 Å². The summed E-state index contributed by atoms with van der Waals surface area (Å²) in [7, 11) is -3.66. The maximum Gasteiger partial charge on any atom is 0.206 e. The zero-order valence-electron chi connectivity index (χ0n) is 13.6. The molecule has 8 heteroatoms. The molecule has 0 amide bonds. The Bertz CT molecular complexity index is 1050. The van der Waals surface area contributed by atoms with E-state index in [1.165, 1.54) is 6.07 Å². The SMILES string of the molecule is Cl.O=S(=O)(c1ccccc1)c1cc(Cl)c2oc3c(c2c1)CNC(CO)C3. The van der Waals surface area contributed by atoms with Gasteiger partial charge < -0.3 is 14.8 Å². The first-order valence-electron chi connectivity index (χ1n) is 7.89. The van der Waals surface area contributed by atoms with Gasteiger partial charge in [0, 0.05) is 30.0 Å². The lowest BCUT2D eigenvalue weighted by Gasteiger charge is -2.20. The lowest BCUT2D eigenvalue weighted by Crippen LogP contribution is -2.37. The van der Waals surface area contributed by atoms with Gasteiger partial charge in [0.2, 0.25) is 9.84 Å². The Kier molecular flexibility index (Phi) is 5.33. The van der Waals surface area contributed by atoms with Crippen LogP contribution in [-0.2, 0) is 22.8 Å². The van der Waals surface area contributed by atoms with Gasteiger partial charge in [-0.05, 0) is 24.3 Å². The summed E-state index contributed by atoms with van der Waals surface area (Å²) in [6, 6.07) is 11.2. The van der Waals surface area contributed by atoms with Gasteiger partial charge in [0.15, 0.2) is 5.58 Å². The van der Waals surface area contributed by atoms with Crippen LogP contribution in [-0.4, -0.2) is 26.2 Å². The molecule has 2 N–H and O–H groups in total. The van der Waals surface area contributed by atoms with Crippen LogP contribution in [0, 0.1) is 0 Å². The smallest absolute Gasteiger partial charge is 0.206 e. The van der Waals surface area contributed by atoms with Crippen molar-refractivity contribution in [2.45, 2.75) is 28.8 Å². The van der Waals surface area contributed by atoms with Crippen molar-refractivity contribution in [3.63, 3.8) is 0 Å². The Balaban J connectivity index is 0.00000196. The monoisotopic (exact) mass is 413 g/mol. The molecule has 1 atom stereocenters. The van der Waals surface area contributed by atoms with Crippen molar-refractivity contribution >= 4 is 44.8 Å². The van der Waals surface area contributed by atoms with Crippen LogP contribution in [0.2, 0.25) is 5.02 Å². The maximum atomic E-state index is 12.9. The Morgan fingerprint density at radius 2 is 1.92 bits per heavy atom. The minimum Gasteiger partial charge on any atom is -0.459 e. The third kappa shape index (κ3) is 3.12. The number of benzene rings is 2. The van der Waals surface area contributed by atoms with Crippen LogP contribution in [0.5, 0.6) is 0 Å². The fourth-order valence-electron chi connectivity index (χ4n) is 3.15. The predicted octanol–water partition coefficient (Wildman–Crippen LogP) is 3.35. The summed E-state index contributed by atoms with van der Waals surface area (Å²) in [4.78, 5) is 0.366. The summed E-state index contributed by atoms with van der Waals surface area (Å²) < 4.78 is 31.6. The summed E-state index contributed by atoms with van der Waals surface area (Å²) in [5.41, 5.74) is 1.38. The number of aliphatic hydroxyl groups is 1. The Hall–Kier alpha value is -1.57. The van der Waals surface area contributed by atoms with Crippen molar-refractivity contribution < 1.29 is 17.9 Å². The van der Waals surface area contributed by atoms with E-state index in [2.05, 4.69) is 5.32 Å². The first kappa shape index (κ1) is 19.2. The van der Waals surface area contributed by atoms with Gasteiger partial charge in [-0.2, -0.15) is 0 Å². The third-order valence-corrected chi connectivity index (χ3v) is 6.52. The lowest BCUT2D eigenvalue weighted by atomic mass is 10.0. The Labute approximate surface area is 162 Å². The molecular weight excluding hydrogens is 397 g/mol. The number of fused-ring (bicyclic) bond motifs is 3. The van der Waals surface area contributed by atoms with Crippen molar-refractivity contribution in [1.82, 2.24) is 5.32 Å². The van der Waals surface area contributed by atoms with Crippen LogP contribution in [0.3, 0.4) is 0 Å². The maximum absolute atomic E-state index is 12.9. The highest BCUT2D eigenvalue weighted by Crippen LogP contribution is 2.37. The van der Waals surface area contributed by atoms with Gasteiger partial charge in [-0.25, -0.2) is 8.42 Å². The highest BCUT2D eigenvalue weighted by Gasteiger charge is 2.27. The topological polar surface area (TPSA) is 79.5 Å². The van der Waals surface area contributed by atoms with E-state index in [0.717, 1.165) is 11.3 Å². The molecule has 1 aromatic heterocycles. The zero-order valence-corrected chi connectivity index (χ0v) is 16.0. The molecule has 138 valence electrons. The average molecular weight is 414 g/mol. The lowest BCUT2D eigenvalue weighted by molar-refractivity contribution is 0.229. The Morgan fingerprint density at radius 1 is 1.19 bits per heavy atom. The Morgan fingerprint density at radius 3 is 2.62 bits per heavy atom. The van der Waals surface area contributed by atoms with E-state index < -0.39 is 9.84 Å². The van der Waals surface area contributed by atoms with Gasteiger partial charge >= 0.3 is 0 Å². The summed E-state index contributed by atoms with van der Waals surface area (Å²) in [5, 5.41) is 13.5. The highest BCUT2D eigenvalue weighted by atomic mass is 35.5. The highest BCUT2D eigenvalue weighted by molar-refractivity contribution is 7.91. The van der Waals surface area contributed by atoms with Crippen LogP contribution in [0.25, 0.3) is 11.0 Å². The van der Waals surface area contributed by atoms with E-state index in [-0.39, 0.29) is 39.9 Å². The van der Waals surface area contributed by atoms with E-state index in [4.69, 9.17) is 16.0 Å². The van der Waals surface area contributed by atoms with E-state index in [1.54, 1.807) is 36.4 Å². The van der Waals surface area contributed by atoms with E-state index in [0.29, 0.717) is 23.9 Å². The van der Waals surface area contributed by atoms with Crippen LogP contribution < -0.4 is 5.32 Å². The number of aliphatic hydroxyl groups excluding tert-OH is 1. The van der Waals surface area contributed by atoms with Gasteiger partial charge in [-0.15, -0.1) is 12.4 Å². The number of hydrogen-bond donors (Lipinski definition) is 2. The van der Waals surface area contributed by atoms with Gasteiger partial charge in [-0.1, -0.05) is 29.8 Å². The number of furan rings is 1. The van der Waals surface area contributed by atoms with Crippen molar-refractivity contribution in [2.24, 2.45) is 0 Å². The fourth-order valence-corrected chi connectivity index (χ4v) is 4.81. The quantitative estimate of drug-likeness (QED) is 0.687. The number of rotatable bonds is 3. The molecule has 5 nitrogen and oxygen atoms in total. The van der Waals surface area contributed by atoms with Crippen LogP contribution in [0.1, 0.15) is 11.3 Å². The van der Waals surface area contributed by atoms with Crippen molar-refractivity contribution in [2.75, 3.05) is 6.61 Å². The molecule has 1 aliphatic rings. The normalized spacial score (nSPS) is 16.9. The van der Waals surface area contributed by atoms with E-state index in [9.17, 15) is 13.5 Å². The molecule has 0 spiro atoms. The third-order valence-electron chi connectivity index (χ3n) is 4.49. The molecule has 0 saturated carbocycles. The molecule has 26 heavy (non-hydrogen) atoms. The summed E-state index contributed by atoms with van der Waals surface area (Å²) in [6.07, 6.45) is 0.539. The molecule has 3 aromatic rings. The molecule has 2 aromatic carbocycles. The van der Waals surface area contributed by atoms with E-state index >= 15 is 0 Å². The van der Waals surface area contributed by atoms with Crippen molar-refractivity contribution in [1.29, 1.82) is 0 Å². The molecule has 1 unspecified atom stereocenters. The zero-order chi connectivity index (χ0) is 17.6. The van der Waals surface area contributed by atoms with Crippen LogP contribution in [0.15, 0.2) is 56.7 Å². The van der Waals surface area contributed by atoms with Gasteiger partial charge in [0.25, 0.3) is 0 Å². The molecule has 1 aliphatic heterocycles. The first-order chi connectivity index (χ1) is 12.0. The molecule has 0 radical (unpaired) electrons. The second kappa shape index (κ2) is 7.21. The molecule has 0 saturated heterocycles. The second-order valence-corrected chi connectivity index (χ2v) is 8.42. The molecule has 4 rings (SSSR count). The average Bonchev–Trinajstić information content (AvgIpc) is 3.01. The minimum atomic E-state index is -3.66. The molecule has 0 aliphatic carbocycles. The minimum absolute atomic E-state index is 0. The molecular formula is C18H17Cl2NO4S. The van der Waals surface area contributed by atoms with Crippen LogP contribution in [0.4, 0.5) is 0 Å². The summed E-state index contributed by atoms with van der Waals surface area (Å²) in [6.45, 7) is 0.510. The number of halogens is 2. The van der Waals surface area contributed by atoms with Crippen molar-refractivity contribution in [3.05, 3.63) is 58.8 Å². The first-order valence-corrected chi connectivity index (χ1v) is 9.75. The molecule has 0 fully saturated rings. The fraction of sp³-hybridized carbons (Fsp3) is 0.222. The standard InChI is InChI=1S/C18H16ClNO4S.ClH/c19-16-8-13(25(22,23)12-4-2-1-3-5-12)7-14-15-9-20-11(10-21)6-17(15)24-18(14)16;/h1-5,7-8,11,20-21H,6,9-10H2;1H. The largest absolute Gasteiger partial charge is 0.459 e. The van der Waals surface area contributed by atoms with E-state index in [1.807, 2.05) is 0 Å². The summed E-state index contributed by atoms with van der Waals surface area (Å²) >= 11 is 6.32. The van der Waals surface area contributed by atoms with Gasteiger partial charge in [0.05, 0.1) is 21.4 Å². The molecule has 2 heterocycles. The van der Waals surface area contributed by atoms with Gasteiger partial charge in [-0.3, -0.25) is 0 Å². The number of sulfone groups is 1.